The van der Waals surface area contributed by atoms with E-state index in [1.807, 2.05) is 54.3 Å². The maximum Gasteiger partial charge on any atom is 0.273 e. The van der Waals surface area contributed by atoms with Crippen LogP contribution in [0.5, 0.6) is 11.5 Å². The predicted molar refractivity (Wildman–Crippen MR) is 114 cm³/mol. The average Bonchev–Trinajstić information content (AvgIpc) is 3.48. The van der Waals surface area contributed by atoms with Crippen LogP contribution in [0.2, 0.25) is 0 Å². The Bertz CT molecular complexity index is 1070. The van der Waals surface area contributed by atoms with Crippen LogP contribution < -0.4 is 4.74 Å². The normalized spacial score (nSPS) is 18.8. The molecule has 0 bridgehead atoms. The van der Waals surface area contributed by atoms with Crippen molar-refractivity contribution >= 4 is 5.91 Å². The van der Waals surface area contributed by atoms with Gasteiger partial charge in [-0.05, 0) is 37.5 Å². The third-order valence-electron chi connectivity index (χ3n) is 6.17. The molecule has 2 aromatic carbocycles. The summed E-state index contributed by atoms with van der Waals surface area (Å²) in [6.07, 6.45) is 4.30. The Hall–Kier alpha value is -3.28. The molecule has 1 fully saturated rings. The highest BCUT2D eigenvalue weighted by Gasteiger charge is 2.45. The summed E-state index contributed by atoms with van der Waals surface area (Å²) >= 11 is 0. The van der Waals surface area contributed by atoms with Gasteiger partial charge in [0.15, 0.2) is 11.5 Å². The fourth-order valence-electron chi connectivity index (χ4n) is 4.84. The minimum atomic E-state index is -0.260. The largest absolute Gasteiger partial charge is 0.504 e. The van der Waals surface area contributed by atoms with Gasteiger partial charge in [-0.25, -0.2) is 0 Å². The monoisotopic (exact) mass is 403 g/mol. The molecule has 0 saturated heterocycles. The lowest BCUT2D eigenvalue weighted by molar-refractivity contribution is 0.0660. The molecule has 0 spiro atoms. The molecular formula is C24H25N3O3. The minimum Gasteiger partial charge on any atom is -0.504 e. The number of hydrogen-bond acceptors (Lipinski definition) is 4. The number of rotatable bonds is 5. The van der Waals surface area contributed by atoms with E-state index in [9.17, 15) is 9.90 Å². The maximum absolute atomic E-state index is 13.5. The zero-order chi connectivity index (χ0) is 20.7. The first kappa shape index (κ1) is 18.7. The van der Waals surface area contributed by atoms with E-state index in [0.29, 0.717) is 18.1 Å². The van der Waals surface area contributed by atoms with Gasteiger partial charge >= 0.3 is 0 Å². The lowest BCUT2D eigenvalue weighted by atomic mass is 9.95. The van der Waals surface area contributed by atoms with Crippen molar-refractivity contribution in [3.63, 3.8) is 0 Å². The van der Waals surface area contributed by atoms with E-state index in [1.54, 1.807) is 6.07 Å². The summed E-state index contributed by atoms with van der Waals surface area (Å²) in [4.78, 5) is 15.5. The standard InChI is InChI=1S/C24H25N3O3/c1-2-30-19-14-16(12-13-18(19)28)23-20-21(15-8-4-3-5-9-15)25-26-22(20)24(29)27(23)17-10-6-7-11-17/h3-5,8-9,12-14,17,23,28H,2,6-7,10-11H2,1H3,(H,25,26). The second kappa shape index (κ2) is 7.52. The Morgan fingerprint density at radius 3 is 2.67 bits per heavy atom. The molecule has 1 amide bonds. The molecule has 2 aliphatic rings. The van der Waals surface area contributed by atoms with Gasteiger partial charge < -0.3 is 14.7 Å². The number of ether oxygens (including phenoxy) is 1. The number of H-pyrrole nitrogens is 1. The minimum absolute atomic E-state index is 0.00242. The molecule has 5 rings (SSSR count). The van der Waals surface area contributed by atoms with Crippen LogP contribution in [0.15, 0.2) is 48.5 Å². The van der Waals surface area contributed by atoms with Gasteiger partial charge in [-0.15, -0.1) is 0 Å². The fourth-order valence-corrected chi connectivity index (χ4v) is 4.84. The van der Waals surface area contributed by atoms with Crippen molar-refractivity contribution in [3.8, 4) is 22.8 Å². The molecule has 1 unspecified atom stereocenters. The molecule has 1 aliphatic heterocycles. The summed E-state index contributed by atoms with van der Waals surface area (Å²) in [5.41, 5.74) is 4.18. The zero-order valence-corrected chi connectivity index (χ0v) is 17.0. The van der Waals surface area contributed by atoms with Gasteiger partial charge in [0.05, 0.1) is 18.3 Å². The number of aromatic nitrogens is 2. The van der Waals surface area contributed by atoms with Crippen molar-refractivity contribution in [3.05, 3.63) is 65.4 Å². The number of benzene rings is 2. The third kappa shape index (κ3) is 2.95. The summed E-state index contributed by atoms with van der Waals surface area (Å²) in [5.74, 6) is 0.544. The molecule has 0 radical (unpaired) electrons. The van der Waals surface area contributed by atoms with Crippen LogP contribution in [0.3, 0.4) is 0 Å². The number of phenolic OH excluding ortho intramolecular Hbond substituents is 1. The predicted octanol–water partition coefficient (Wildman–Crippen LogP) is 4.67. The summed E-state index contributed by atoms with van der Waals surface area (Å²) in [5, 5.41) is 17.7. The number of carbonyl (C=O) groups is 1. The first-order chi connectivity index (χ1) is 14.7. The number of carbonyl (C=O) groups excluding carboxylic acids is 1. The molecule has 2 N–H and O–H groups in total. The van der Waals surface area contributed by atoms with E-state index >= 15 is 0 Å². The second-order valence-electron chi connectivity index (χ2n) is 7.94. The van der Waals surface area contributed by atoms with Crippen LogP contribution in [0.4, 0.5) is 0 Å². The molecule has 1 aromatic heterocycles. The highest BCUT2D eigenvalue weighted by atomic mass is 16.5. The smallest absolute Gasteiger partial charge is 0.273 e. The summed E-state index contributed by atoms with van der Waals surface area (Å²) in [7, 11) is 0. The van der Waals surface area contributed by atoms with Crippen molar-refractivity contribution in [2.45, 2.75) is 44.7 Å². The summed E-state index contributed by atoms with van der Waals surface area (Å²) in [6, 6.07) is 15.3. The summed E-state index contributed by atoms with van der Waals surface area (Å²) in [6.45, 7) is 2.34. The van der Waals surface area contributed by atoms with Crippen molar-refractivity contribution in [1.29, 1.82) is 0 Å². The van der Waals surface area contributed by atoms with Crippen LogP contribution in [-0.2, 0) is 0 Å². The summed E-state index contributed by atoms with van der Waals surface area (Å²) < 4.78 is 5.63. The van der Waals surface area contributed by atoms with Gasteiger partial charge in [0.2, 0.25) is 0 Å². The van der Waals surface area contributed by atoms with Gasteiger partial charge in [0.1, 0.15) is 5.69 Å². The molecule has 1 aliphatic carbocycles. The van der Waals surface area contributed by atoms with Crippen molar-refractivity contribution in [2.24, 2.45) is 0 Å². The van der Waals surface area contributed by atoms with E-state index in [1.165, 1.54) is 0 Å². The van der Waals surface area contributed by atoms with E-state index in [0.717, 1.165) is 48.1 Å². The number of nitrogens with one attached hydrogen (secondary N) is 1. The van der Waals surface area contributed by atoms with E-state index in [4.69, 9.17) is 4.74 Å². The van der Waals surface area contributed by atoms with Crippen LogP contribution >= 0.6 is 0 Å². The fraction of sp³-hybridized carbons (Fsp3) is 0.333. The number of aromatic hydroxyl groups is 1. The molecule has 1 atom stereocenters. The highest BCUT2D eigenvalue weighted by molar-refractivity contribution is 6.00. The molecule has 6 heteroatoms. The van der Waals surface area contributed by atoms with Crippen LogP contribution in [0, 0.1) is 0 Å². The number of hydrogen-bond donors (Lipinski definition) is 2. The van der Waals surface area contributed by atoms with Gasteiger partial charge in [-0.3, -0.25) is 9.89 Å². The Balaban J connectivity index is 1.68. The van der Waals surface area contributed by atoms with Crippen LogP contribution in [0.1, 0.15) is 60.3 Å². The van der Waals surface area contributed by atoms with Crippen molar-refractivity contribution in [1.82, 2.24) is 15.1 Å². The number of aromatic amines is 1. The van der Waals surface area contributed by atoms with Gasteiger partial charge in [0.25, 0.3) is 5.91 Å². The van der Waals surface area contributed by atoms with Gasteiger partial charge in [-0.2, -0.15) is 5.10 Å². The van der Waals surface area contributed by atoms with Gasteiger partial charge in [-0.1, -0.05) is 49.2 Å². The molecular weight excluding hydrogens is 378 g/mol. The second-order valence-corrected chi connectivity index (χ2v) is 7.94. The lowest BCUT2D eigenvalue weighted by Gasteiger charge is -2.32. The molecule has 2 heterocycles. The zero-order valence-electron chi connectivity index (χ0n) is 17.0. The van der Waals surface area contributed by atoms with Crippen molar-refractivity contribution < 1.29 is 14.6 Å². The number of fused-ring (bicyclic) bond motifs is 1. The number of amides is 1. The third-order valence-corrected chi connectivity index (χ3v) is 6.17. The number of nitrogens with zero attached hydrogens (tertiary/aromatic N) is 2. The average molecular weight is 403 g/mol. The quantitative estimate of drug-likeness (QED) is 0.649. The SMILES string of the molecule is CCOc1cc(C2c3c(-c4ccccc4)n[nH]c3C(=O)N2C2CCCC2)ccc1O. The molecule has 30 heavy (non-hydrogen) atoms. The molecule has 154 valence electrons. The van der Waals surface area contributed by atoms with E-state index in [-0.39, 0.29) is 23.7 Å². The molecule has 6 nitrogen and oxygen atoms in total. The number of phenols is 1. The topological polar surface area (TPSA) is 78.5 Å². The highest BCUT2D eigenvalue weighted by Crippen LogP contribution is 2.47. The molecule has 1 saturated carbocycles. The van der Waals surface area contributed by atoms with E-state index in [2.05, 4.69) is 10.2 Å². The Labute approximate surface area is 175 Å². The van der Waals surface area contributed by atoms with E-state index < -0.39 is 0 Å². The maximum atomic E-state index is 13.5. The van der Waals surface area contributed by atoms with Crippen LogP contribution in [0.25, 0.3) is 11.3 Å². The molecule has 3 aromatic rings. The lowest BCUT2D eigenvalue weighted by Crippen LogP contribution is -2.37. The Morgan fingerprint density at radius 1 is 1.17 bits per heavy atom. The Kier molecular flexibility index (Phi) is 4.69. The Morgan fingerprint density at radius 2 is 1.93 bits per heavy atom. The first-order valence-corrected chi connectivity index (χ1v) is 10.6. The van der Waals surface area contributed by atoms with Crippen molar-refractivity contribution in [2.75, 3.05) is 6.61 Å². The first-order valence-electron chi connectivity index (χ1n) is 10.6. The van der Waals surface area contributed by atoms with Crippen LogP contribution in [-0.4, -0.2) is 38.8 Å². The van der Waals surface area contributed by atoms with Gasteiger partial charge in [0, 0.05) is 17.2 Å².